The minimum absolute atomic E-state index is 0.0964. The molecule has 0 heterocycles. The summed E-state index contributed by atoms with van der Waals surface area (Å²) in [7, 11) is 0. The Morgan fingerprint density at radius 1 is 1.29 bits per heavy atom. The van der Waals surface area contributed by atoms with Crippen LogP contribution in [0.2, 0.25) is 0 Å². The lowest BCUT2D eigenvalue weighted by Crippen LogP contribution is -2.35. The second-order valence-corrected chi connectivity index (χ2v) is 4.86. The molecule has 0 saturated heterocycles. The minimum atomic E-state index is -1.11. The Morgan fingerprint density at radius 3 is 2.52 bits per heavy atom. The van der Waals surface area contributed by atoms with Crippen molar-refractivity contribution in [1.82, 2.24) is 5.48 Å². The molecule has 0 aromatic heterocycles. The highest BCUT2D eigenvalue weighted by Gasteiger charge is 2.22. The Balaban J connectivity index is 2.34. The standard InChI is InChI=1S/C15H21NO5/c1-3-11(2)9-13(14(17)18)21-16-15(19)20-10-12-7-5-4-6-8-12/h4-8,11,13H,3,9-10H2,1-2H3,(H,16,19)(H,17,18)/t11-,13-/m0/s1. The number of hydroxylamine groups is 1. The molecular weight excluding hydrogens is 274 g/mol. The average Bonchev–Trinajstić information content (AvgIpc) is 2.49. The summed E-state index contributed by atoms with van der Waals surface area (Å²) in [6.45, 7) is 3.98. The number of rotatable bonds is 8. The van der Waals surface area contributed by atoms with Gasteiger partial charge >= 0.3 is 12.1 Å². The van der Waals surface area contributed by atoms with Crippen molar-refractivity contribution in [1.29, 1.82) is 0 Å². The highest BCUT2D eigenvalue weighted by molar-refractivity contribution is 5.73. The van der Waals surface area contributed by atoms with Gasteiger partial charge in [-0.15, -0.1) is 0 Å². The second kappa shape index (κ2) is 8.97. The molecule has 0 aliphatic carbocycles. The molecule has 0 bridgehead atoms. The van der Waals surface area contributed by atoms with E-state index < -0.39 is 18.2 Å². The summed E-state index contributed by atoms with van der Waals surface area (Å²) in [6.07, 6.45) is -0.727. The van der Waals surface area contributed by atoms with Gasteiger partial charge in [-0.2, -0.15) is 5.48 Å². The molecule has 0 aliphatic heterocycles. The Hall–Kier alpha value is -2.08. The van der Waals surface area contributed by atoms with E-state index >= 15 is 0 Å². The van der Waals surface area contributed by atoms with Crippen LogP contribution in [0, 0.1) is 5.92 Å². The van der Waals surface area contributed by atoms with Crippen molar-refractivity contribution in [3.05, 3.63) is 35.9 Å². The maximum absolute atomic E-state index is 11.4. The van der Waals surface area contributed by atoms with Crippen molar-refractivity contribution in [3.63, 3.8) is 0 Å². The fraction of sp³-hybridized carbons (Fsp3) is 0.467. The van der Waals surface area contributed by atoms with Crippen molar-refractivity contribution in [2.24, 2.45) is 5.92 Å². The number of hydrogen-bond donors (Lipinski definition) is 2. The Morgan fingerprint density at radius 2 is 1.95 bits per heavy atom. The number of hydrogen-bond acceptors (Lipinski definition) is 4. The fourth-order valence-corrected chi connectivity index (χ4v) is 1.60. The van der Waals surface area contributed by atoms with Crippen molar-refractivity contribution >= 4 is 12.1 Å². The Kier molecular flexibility index (Phi) is 7.25. The third-order valence-corrected chi connectivity index (χ3v) is 3.09. The molecule has 6 nitrogen and oxygen atoms in total. The van der Waals surface area contributed by atoms with Crippen LogP contribution in [0.25, 0.3) is 0 Å². The zero-order valence-electron chi connectivity index (χ0n) is 12.2. The number of carboxylic acid groups (broad SMARTS) is 1. The van der Waals surface area contributed by atoms with Crippen molar-refractivity contribution < 1.29 is 24.3 Å². The van der Waals surface area contributed by atoms with Gasteiger partial charge in [-0.1, -0.05) is 50.6 Å². The van der Waals surface area contributed by atoms with Crippen molar-refractivity contribution in [2.45, 2.75) is 39.4 Å². The quantitative estimate of drug-likeness (QED) is 0.720. The molecule has 1 aromatic rings. The number of ether oxygens (including phenoxy) is 1. The molecule has 0 saturated carbocycles. The average molecular weight is 295 g/mol. The van der Waals surface area contributed by atoms with Crippen LogP contribution in [-0.4, -0.2) is 23.3 Å². The molecule has 2 N–H and O–H groups in total. The third kappa shape index (κ3) is 6.76. The van der Waals surface area contributed by atoms with Gasteiger partial charge in [0.15, 0.2) is 6.10 Å². The fourth-order valence-electron chi connectivity index (χ4n) is 1.60. The van der Waals surface area contributed by atoms with E-state index in [1.165, 1.54) is 0 Å². The van der Waals surface area contributed by atoms with E-state index in [0.29, 0.717) is 6.42 Å². The van der Waals surface area contributed by atoms with Crippen LogP contribution in [0.1, 0.15) is 32.3 Å². The minimum Gasteiger partial charge on any atom is -0.479 e. The van der Waals surface area contributed by atoms with Crippen LogP contribution in [0.5, 0.6) is 0 Å². The molecule has 0 aliphatic rings. The van der Waals surface area contributed by atoms with E-state index in [9.17, 15) is 9.59 Å². The smallest absolute Gasteiger partial charge is 0.431 e. The van der Waals surface area contributed by atoms with Crippen LogP contribution in [-0.2, 0) is 21.0 Å². The maximum atomic E-state index is 11.4. The lowest BCUT2D eigenvalue weighted by molar-refractivity contribution is -0.156. The topological polar surface area (TPSA) is 84.9 Å². The lowest BCUT2D eigenvalue weighted by atomic mass is 10.0. The highest BCUT2D eigenvalue weighted by atomic mass is 16.7. The van der Waals surface area contributed by atoms with E-state index in [-0.39, 0.29) is 12.5 Å². The summed E-state index contributed by atoms with van der Waals surface area (Å²) in [4.78, 5) is 27.4. The van der Waals surface area contributed by atoms with Crippen LogP contribution >= 0.6 is 0 Å². The predicted octanol–water partition coefficient (Wildman–Crippen LogP) is 2.73. The largest absolute Gasteiger partial charge is 0.479 e. The van der Waals surface area contributed by atoms with Gasteiger partial charge in [0.05, 0.1) is 0 Å². The molecule has 2 atom stereocenters. The number of carbonyl (C=O) groups excluding carboxylic acids is 1. The predicted molar refractivity (Wildman–Crippen MR) is 76.3 cm³/mol. The van der Waals surface area contributed by atoms with Gasteiger partial charge < -0.3 is 9.84 Å². The summed E-state index contributed by atoms with van der Waals surface area (Å²) in [6, 6.07) is 9.16. The molecule has 1 aromatic carbocycles. The van der Waals surface area contributed by atoms with Crippen LogP contribution in [0.4, 0.5) is 4.79 Å². The highest BCUT2D eigenvalue weighted by Crippen LogP contribution is 2.12. The number of nitrogens with one attached hydrogen (secondary N) is 1. The Bertz CT molecular complexity index is 449. The lowest BCUT2D eigenvalue weighted by Gasteiger charge is -2.16. The number of carboxylic acids is 1. The van der Waals surface area contributed by atoms with Crippen LogP contribution in [0.3, 0.4) is 0 Å². The Labute approximate surface area is 124 Å². The van der Waals surface area contributed by atoms with Gasteiger partial charge in [0, 0.05) is 0 Å². The molecular formula is C15H21NO5. The van der Waals surface area contributed by atoms with Crippen molar-refractivity contribution in [2.75, 3.05) is 0 Å². The summed E-state index contributed by atoms with van der Waals surface area (Å²) >= 11 is 0. The molecule has 21 heavy (non-hydrogen) atoms. The number of aliphatic carboxylic acids is 1. The van der Waals surface area contributed by atoms with E-state index in [1.807, 2.05) is 49.7 Å². The molecule has 0 fully saturated rings. The van der Waals surface area contributed by atoms with Crippen LogP contribution < -0.4 is 5.48 Å². The first-order valence-corrected chi connectivity index (χ1v) is 6.88. The first-order valence-electron chi connectivity index (χ1n) is 6.88. The number of carbonyl (C=O) groups is 2. The number of amides is 1. The summed E-state index contributed by atoms with van der Waals surface area (Å²) in [5.41, 5.74) is 2.86. The van der Waals surface area contributed by atoms with Crippen LogP contribution in [0.15, 0.2) is 30.3 Å². The molecule has 0 spiro atoms. The molecule has 0 radical (unpaired) electrons. The van der Waals surface area contributed by atoms with E-state index in [1.54, 1.807) is 0 Å². The van der Waals surface area contributed by atoms with Gasteiger partial charge in [0.25, 0.3) is 0 Å². The van der Waals surface area contributed by atoms with E-state index in [2.05, 4.69) is 0 Å². The first kappa shape index (κ1) is 17.0. The number of benzene rings is 1. The summed E-state index contributed by atoms with van der Waals surface area (Å²) in [5, 5.41) is 9.02. The van der Waals surface area contributed by atoms with Gasteiger partial charge in [-0.25, -0.2) is 9.59 Å². The molecule has 6 heteroatoms. The summed E-state index contributed by atoms with van der Waals surface area (Å²) in [5.74, 6) is -0.924. The van der Waals surface area contributed by atoms with E-state index in [0.717, 1.165) is 12.0 Å². The SMILES string of the molecule is CC[C@H](C)C[C@H](ONC(=O)OCc1ccccc1)C(=O)O. The zero-order valence-corrected chi connectivity index (χ0v) is 12.2. The molecule has 1 amide bonds. The molecule has 1 rings (SSSR count). The monoisotopic (exact) mass is 295 g/mol. The molecule has 0 unspecified atom stereocenters. The zero-order chi connectivity index (χ0) is 15.7. The van der Waals surface area contributed by atoms with Gasteiger partial charge in [-0.05, 0) is 17.9 Å². The van der Waals surface area contributed by atoms with Gasteiger partial charge in [0.2, 0.25) is 0 Å². The maximum Gasteiger partial charge on any atom is 0.431 e. The second-order valence-electron chi connectivity index (χ2n) is 4.86. The normalized spacial score (nSPS) is 13.2. The van der Waals surface area contributed by atoms with Gasteiger partial charge in [0.1, 0.15) is 6.61 Å². The molecule has 116 valence electrons. The van der Waals surface area contributed by atoms with Gasteiger partial charge in [-0.3, -0.25) is 4.84 Å². The third-order valence-electron chi connectivity index (χ3n) is 3.09. The van der Waals surface area contributed by atoms with E-state index in [4.69, 9.17) is 14.7 Å². The summed E-state index contributed by atoms with van der Waals surface area (Å²) < 4.78 is 4.92. The first-order chi connectivity index (χ1) is 10.0. The van der Waals surface area contributed by atoms with Crippen molar-refractivity contribution in [3.8, 4) is 0 Å².